The number of ether oxygens (including phenoxy) is 1. The smallest absolute Gasteiger partial charge is 0.410 e. The summed E-state index contributed by atoms with van der Waals surface area (Å²) < 4.78 is 5.54. The average Bonchev–Trinajstić information content (AvgIpc) is 3.01. The number of Topliss-reactive ketones (excluding diaryl/α,β-unsaturated/α-hetero) is 1. The summed E-state index contributed by atoms with van der Waals surface area (Å²) in [6.45, 7) is 2.13. The molecule has 2 unspecified atom stereocenters. The Morgan fingerprint density at radius 1 is 1.07 bits per heavy atom. The summed E-state index contributed by atoms with van der Waals surface area (Å²) in [5.41, 5.74) is 2.78. The summed E-state index contributed by atoms with van der Waals surface area (Å²) >= 11 is 0. The lowest BCUT2D eigenvalue weighted by molar-refractivity contribution is 0.0484. The van der Waals surface area contributed by atoms with E-state index in [1.165, 1.54) is 0 Å². The zero-order valence-corrected chi connectivity index (χ0v) is 16.5. The summed E-state index contributed by atoms with van der Waals surface area (Å²) in [4.78, 5) is 27.8. The Balaban J connectivity index is 1.45. The third-order valence-electron chi connectivity index (χ3n) is 6.16. The molecule has 2 aromatic rings. The van der Waals surface area contributed by atoms with Gasteiger partial charge in [0.25, 0.3) is 0 Å². The Morgan fingerprint density at radius 3 is 2.41 bits per heavy atom. The Bertz CT molecular complexity index is 950. The fraction of sp³-hybridized carbons (Fsp3) is 0.375. The van der Waals surface area contributed by atoms with Gasteiger partial charge in [0.2, 0.25) is 0 Å². The lowest BCUT2D eigenvalue weighted by Crippen LogP contribution is -2.48. The summed E-state index contributed by atoms with van der Waals surface area (Å²) in [5, 5.41) is 9.40. The van der Waals surface area contributed by atoms with Crippen molar-refractivity contribution in [2.24, 2.45) is 5.92 Å². The third-order valence-corrected chi connectivity index (χ3v) is 6.16. The fourth-order valence-corrected chi connectivity index (χ4v) is 4.78. The minimum atomic E-state index is -0.291. The van der Waals surface area contributed by atoms with E-state index in [0.29, 0.717) is 24.0 Å². The number of carbonyl (C=O) groups excluding carboxylic acids is 2. The molecular weight excluding hydrogens is 364 g/mol. The fourth-order valence-electron chi connectivity index (χ4n) is 4.78. The largest absolute Gasteiger partial charge is 0.445 e. The maximum absolute atomic E-state index is 13.2. The van der Waals surface area contributed by atoms with Crippen molar-refractivity contribution in [2.45, 2.75) is 51.3 Å². The molecule has 2 aliphatic rings. The number of nitriles is 1. The van der Waals surface area contributed by atoms with Crippen molar-refractivity contribution in [3.63, 3.8) is 0 Å². The molecule has 0 aromatic heterocycles. The molecule has 1 amide bonds. The quantitative estimate of drug-likeness (QED) is 0.716. The Kier molecular flexibility index (Phi) is 5.35. The van der Waals surface area contributed by atoms with E-state index in [9.17, 15) is 14.9 Å². The molecule has 5 nitrogen and oxygen atoms in total. The number of hydrogen-bond donors (Lipinski definition) is 0. The van der Waals surface area contributed by atoms with Crippen molar-refractivity contribution in [1.82, 2.24) is 4.90 Å². The van der Waals surface area contributed by atoms with Gasteiger partial charge in [-0.3, -0.25) is 4.79 Å². The second kappa shape index (κ2) is 8.08. The van der Waals surface area contributed by atoms with E-state index < -0.39 is 0 Å². The molecule has 29 heavy (non-hydrogen) atoms. The number of benzene rings is 2. The lowest BCUT2D eigenvalue weighted by Gasteiger charge is -2.37. The second-order valence-corrected chi connectivity index (χ2v) is 7.97. The van der Waals surface area contributed by atoms with Crippen molar-refractivity contribution in [3.05, 3.63) is 70.8 Å². The van der Waals surface area contributed by atoms with E-state index in [-0.39, 0.29) is 36.5 Å². The van der Waals surface area contributed by atoms with Gasteiger partial charge in [0.15, 0.2) is 5.78 Å². The van der Waals surface area contributed by atoms with Crippen molar-refractivity contribution in [3.8, 4) is 6.07 Å². The Labute approximate surface area is 170 Å². The maximum Gasteiger partial charge on any atom is 0.410 e. The van der Waals surface area contributed by atoms with Crippen molar-refractivity contribution >= 4 is 11.9 Å². The molecule has 0 aliphatic carbocycles. The van der Waals surface area contributed by atoms with Crippen molar-refractivity contribution in [1.29, 1.82) is 5.26 Å². The van der Waals surface area contributed by atoms with Crippen LogP contribution in [0.1, 0.15) is 52.7 Å². The highest BCUT2D eigenvalue weighted by molar-refractivity contribution is 6.01. The minimum absolute atomic E-state index is 0.0283. The summed E-state index contributed by atoms with van der Waals surface area (Å²) in [6.07, 6.45) is 2.77. The van der Waals surface area contributed by atoms with Gasteiger partial charge in [-0.05, 0) is 49.8 Å². The lowest BCUT2D eigenvalue weighted by atomic mass is 9.82. The van der Waals surface area contributed by atoms with Crippen molar-refractivity contribution < 1.29 is 14.3 Å². The van der Waals surface area contributed by atoms with Crippen LogP contribution in [0.25, 0.3) is 0 Å². The van der Waals surface area contributed by atoms with Crippen LogP contribution >= 0.6 is 0 Å². The van der Waals surface area contributed by atoms with Crippen LogP contribution < -0.4 is 0 Å². The predicted molar refractivity (Wildman–Crippen MR) is 108 cm³/mol. The van der Waals surface area contributed by atoms with Crippen LogP contribution in [0, 0.1) is 24.2 Å². The van der Waals surface area contributed by atoms with Crippen molar-refractivity contribution in [2.75, 3.05) is 0 Å². The van der Waals surface area contributed by atoms with Crippen LogP contribution in [-0.4, -0.2) is 28.9 Å². The van der Waals surface area contributed by atoms with E-state index in [2.05, 4.69) is 6.07 Å². The topological polar surface area (TPSA) is 70.4 Å². The maximum atomic E-state index is 13.2. The molecule has 0 N–H and O–H groups in total. The van der Waals surface area contributed by atoms with Gasteiger partial charge in [0.1, 0.15) is 6.61 Å². The highest BCUT2D eigenvalue weighted by Crippen LogP contribution is 2.40. The van der Waals surface area contributed by atoms with Gasteiger partial charge in [-0.1, -0.05) is 42.5 Å². The molecular formula is C24H24N2O3. The van der Waals surface area contributed by atoms with Gasteiger partial charge >= 0.3 is 6.09 Å². The van der Waals surface area contributed by atoms with Gasteiger partial charge in [-0.2, -0.15) is 5.26 Å². The van der Waals surface area contributed by atoms with Crippen LogP contribution in [-0.2, 0) is 11.3 Å². The van der Waals surface area contributed by atoms with E-state index in [0.717, 1.165) is 24.0 Å². The third kappa shape index (κ3) is 3.75. The number of amides is 1. The molecule has 0 radical (unpaired) electrons. The molecule has 2 bridgehead atoms. The van der Waals surface area contributed by atoms with Gasteiger partial charge in [0.05, 0.1) is 11.6 Å². The van der Waals surface area contributed by atoms with Gasteiger partial charge in [-0.15, -0.1) is 0 Å². The molecule has 5 heteroatoms. The first-order valence-corrected chi connectivity index (χ1v) is 10.1. The number of ketones is 1. The number of piperidine rings is 1. The van der Waals surface area contributed by atoms with Gasteiger partial charge in [0, 0.05) is 23.6 Å². The standard InChI is InChI=1S/C24H24N2O3/c1-16-6-5-9-18(14-25)22(16)23(27)19-12-20-10-11-21(13-19)26(20)24(28)29-15-17-7-3-2-4-8-17/h2-9,19-21H,10-13,15H2,1H3. The van der Waals surface area contributed by atoms with E-state index in [4.69, 9.17) is 4.74 Å². The molecule has 148 valence electrons. The Morgan fingerprint density at radius 2 is 1.76 bits per heavy atom. The minimum Gasteiger partial charge on any atom is -0.445 e. The zero-order valence-electron chi connectivity index (χ0n) is 16.5. The van der Waals surface area contributed by atoms with Crippen LogP contribution in [0.2, 0.25) is 0 Å². The highest BCUT2D eigenvalue weighted by Gasteiger charge is 2.46. The molecule has 2 fully saturated rings. The number of rotatable bonds is 4. The first-order valence-electron chi connectivity index (χ1n) is 10.1. The predicted octanol–water partition coefficient (Wildman–Crippen LogP) is 4.63. The molecule has 2 heterocycles. The summed E-state index contributed by atoms with van der Waals surface area (Å²) in [5.74, 6) is -0.118. The summed E-state index contributed by atoms with van der Waals surface area (Å²) in [7, 11) is 0. The van der Waals surface area contributed by atoms with E-state index in [1.807, 2.05) is 48.2 Å². The van der Waals surface area contributed by atoms with Crippen LogP contribution in [0.4, 0.5) is 4.79 Å². The average molecular weight is 388 g/mol. The molecule has 2 saturated heterocycles. The molecule has 4 rings (SSSR count). The normalized spacial score (nSPS) is 22.8. The van der Waals surface area contributed by atoms with Crippen LogP contribution in [0.5, 0.6) is 0 Å². The van der Waals surface area contributed by atoms with E-state index in [1.54, 1.807) is 12.1 Å². The number of carbonyl (C=O) groups is 2. The van der Waals surface area contributed by atoms with Crippen LogP contribution in [0.15, 0.2) is 48.5 Å². The number of hydrogen-bond acceptors (Lipinski definition) is 4. The second-order valence-electron chi connectivity index (χ2n) is 7.97. The highest BCUT2D eigenvalue weighted by atomic mass is 16.6. The molecule has 2 aliphatic heterocycles. The summed E-state index contributed by atoms with van der Waals surface area (Å²) in [6, 6.07) is 17.2. The first kappa shape index (κ1) is 19.2. The van der Waals surface area contributed by atoms with E-state index >= 15 is 0 Å². The van der Waals surface area contributed by atoms with Gasteiger partial charge < -0.3 is 9.64 Å². The molecule has 2 aromatic carbocycles. The molecule has 2 atom stereocenters. The first-order chi connectivity index (χ1) is 14.1. The monoisotopic (exact) mass is 388 g/mol. The SMILES string of the molecule is Cc1cccc(C#N)c1C(=O)C1CC2CCC(C1)N2C(=O)OCc1ccccc1. The number of fused-ring (bicyclic) bond motifs is 2. The van der Waals surface area contributed by atoms with Gasteiger partial charge in [-0.25, -0.2) is 4.79 Å². The number of aryl methyl sites for hydroxylation is 1. The zero-order chi connectivity index (χ0) is 20.4. The Hall–Kier alpha value is -3.13. The molecule has 0 spiro atoms. The molecule has 0 saturated carbocycles. The van der Waals surface area contributed by atoms with Crippen LogP contribution in [0.3, 0.4) is 0 Å². The number of nitrogens with zero attached hydrogens (tertiary/aromatic N) is 2.